The van der Waals surface area contributed by atoms with Crippen LogP contribution >= 0.6 is 0 Å². The predicted octanol–water partition coefficient (Wildman–Crippen LogP) is 2.64. The summed E-state index contributed by atoms with van der Waals surface area (Å²) in [5.74, 6) is 0. The lowest BCUT2D eigenvalue weighted by Gasteiger charge is -2.13. The third-order valence-corrected chi connectivity index (χ3v) is 2.91. The van der Waals surface area contributed by atoms with E-state index in [1.54, 1.807) is 6.34 Å². The van der Waals surface area contributed by atoms with Gasteiger partial charge >= 0.3 is 0 Å². The Kier molecular flexibility index (Phi) is 2.38. The van der Waals surface area contributed by atoms with Gasteiger partial charge in [-0.1, -0.05) is 36.4 Å². The van der Waals surface area contributed by atoms with Crippen LogP contribution in [0.25, 0.3) is 0 Å². The van der Waals surface area contributed by atoms with Gasteiger partial charge in [-0.25, -0.2) is 10.3 Å². The lowest BCUT2D eigenvalue weighted by atomic mass is 9.99. The first-order valence-electron chi connectivity index (χ1n) is 5.52. The van der Waals surface area contributed by atoms with E-state index >= 15 is 0 Å². The van der Waals surface area contributed by atoms with Crippen molar-refractivity contribution in [3.63, 3.8) is 0 Å². The molecule has 1 radical (unpaired) electrons. The summed E-state index contributed by atoms with van der Waals surface area (Å²) in [6.45, 7) is 0. The van der Waals surface area contributed by atoms with Crippen molar-refractivity contribution < 1.29 is 0 Å². The molecule has 0 saturated heterocycles. The maximum absolute atomic E-state index is 6.23. The van der Waals surface area contributed by atoms with Crippen LogP contribution in [0.3, 0.4) is 0 Å². The number of nitrogens with zero attached hydrogens (tertiary/aromatic N) is 2. The van der Waals surface area contributed by atoms with Crippen molar-refractivity contribution >= 4 is 17.7 Å². The molecule has 17 heavy (non-hydrogen) atoms. The molecule has 1 atom stereocenters. The van der Waals surface area contributed by atoms with Crippen LogP contribution in [0.1, 0.15) is 17.2 Å². The number of nitrogens with two attached hydrogens (primary N) is 1. The van der Waals surface area contributed by atoms with Crippen LogP contribution in [0.2, 0.25) is 0 Å². The SMILES string of the molecule is NC(c1ccccc1)c1ccc2c(c1)[N]C=N2. The van der Waals surface area contributed by atoms with E-state index in [2.05, 4.69) is 10.3 Å². The van der Waals surface area contributed by atoms with E-state index in [0.717, 1.165) is 22.5 Å². The van der Waals surface area contributed by atoms with E-state index in [0.29, 0.717) is 0 Å². The van der Waals surface area contributed by atoms with Crippen molar-refractivity contribution in [3.8, 4) is 0 Å². The Morgan fingerprint density at radius 3 is 2.53 bits per heavy atom. The molecule has 1 heterocycles. The van der Waals surface area contributed by atoms with E-state index in [1.165, 1.54) is 0 Å². The molecule has 1 aliphatic heterocycles. The van der Waals surface area contributed by atoms with E-state index in [4.69, 9.17) is 5.73 Å². The molecule has 83 valence electrons. The Bertz CT molecular complexity index is 561. The number of aliphatic imine (C=N–C) groups is 1. The van der Waals surface area contributed by atoms with Crippen molar-refractivity contribution in [2.24, 2.45) is 10.7 Å². The molecule has 3 nitrogen and oxygen atoms in total. The van der Waals surface area contributed by atoms with Gasteiger partial charge in [0.2, 0.25) is 0 Å². The molecule has 0 spiro atoms. The van der Waals surface area contributed by atoms with E-state index < -0.39 is 0 Å². The molecule has 0 aliphatic carbocycles. The molecular formula is C14H12N3. The average molecular weight is 222 g/mol. The predicted molar refractivity (Wildman–Crippen MR) is 68.9 cm³/mol. The second-order valence-corrected chi connectivity index (χ2v) is 4.01. The Balaban J connectivity index is 1.95. The van der Waals surface area contributed by atoms with Crippen molar-refractivity contribution in [2.75, 3.05) is 0 Å². The highest BCUT2D eigenvalue weighted by Gasteiger charge is 2.13. The van der Waals surface area contributed by atoms with Gasteiger partial charge in [0.15, 0.2) is 0 Å². The molecule has 0 bridgehead atoms. The number of benzene rings is 2. The van der Waals surface area contributed by atoms with E-state index in [-0.39, 0.29) is 6.04 Å². The fraction of sp³-hybridized carbons (Fsp3) is 0.0714. The number of hydrogen-bond donors (Lipinski definition) is 1. The van der Waals surface area contributed by atoms with Gasteiger partial charge in [0.25, 0.3) is 0 Å². The van der Waals surface area contributed by atoms with Crippen LogP contribution in [0.15, 0.2) is 53.5 Å². The van der Waals surface area contributed by atoms with Gasteiger partial charge < -0.3 is 5.73 Å². The lowest BCUT2D eigenvalue weighted by Crippen LogP contribution is -2.11. The largest absolute Gasteiger partial charge is 0.320 e. The first kappa shape index (κ1) is 10.1. The summed E-state index contributed by atoms with van der Waals surface area (Å²) in [6, 6.07) is 15.9. The normalized spacial score (nSPS) is 14.2. The lowest BCUT2D eigenvalue weighted by molar-refractivity contribution is 0.871. The molecule has 0 fully saturated rings. The molecule has 2 aromatic rings. The van der Waals surface area contributed by atoms with Crippen LogP contribution in [0.4, 0.5) is 11.4 Å². The fourth-order valence-corrected chi connectivity index (χ4v) is 1.95. The highest BCUT2D eigenvalue weighted by atomic mass is 15.0. The number of hydrogen-bond acceptors (Lipinski definition) is 2. The minimum Gasteiger partial charge on any atom is -0.320 e. The minimum absolute atomic E-state index is 0.114. The van der Waals surface area contributed by atoms with Crippen LogP contribution in [-0.4, -0.2) is 6.34 Å². The summed E-state index contributed by atoms with van der Waals surface area (Å²) < 4.78 is 0. The first-order chi connectivity index (χ1) is 8.34. The third kappa shape index (κ3) is 1.81. The molecule has 0 saturated carbocycles. The van der Waals surface area contributed by atoms with Gasteiger partial charge in [-0.3, -0.25) is 0 Å². The Labute approximate surface area is 100.0 Å². The van der Waals surface area contributed by atoms with Crippen molar-refractivity contribution in [3.05, 3.63) is 59.7 Å². The summed E-state index contributed by atoms with van der Waals surface area (Å²) in [5.41, 5.74) is 10.2. The van der Waals surface area contributed by atoms with Crippen LogP contribution in [-0.2, 0) is 0 Å². The van der Waals surface area contributed by atoms with Crippen molar-refractivity contribution in [2.45, 2.75) is 6.04 Å². The summed E-state index contributed by atoms with van der Waals surface area (Å²) in [5, 5.41) is 4.19. The summed E-state index contributed by atoms with van der Waals surface area (Å²) in [6.07, 6.45) is 1.57. The van der Waals surface area contributed by atoms with Crippen LogP contribution in [0.5, 0.6) is 0 Å². The highest BCUT2D eigenvalue weighted by Crippen LogP contribution is 2.32. The molecule has 2 aromatic carbocycles. The van der Waals surface area contributed by atoms with Gasteiger partial charge in [-0.05, 0) is 23.3 Å². The van der Waals surface area contributed by atoms with Gasteiger partial charge in [-0.15, -0.1) is 0 Å². The van der Waals surface area contributed by atoms with Gasteiger partial charge in [0, 0.05) is 0 Å². The topological polar surface area (TPSA) is 52.5 Å². The van der Waals surface area contributed by atoms with E-state index in [1.807, 2.05) is 48.5 Å². The quantitative estimate of drug-likeness (QED) is 0.834. The maximum atomic E-state index is 6.23. The summed E-state index contributed by atoms with van der Waals surface area (Å²) in [7, 11) is 0. The average Bonchev–Trinajstić information content (AvgIpc) is 2.86. The molecule has 0 aromatic heterocycles. The summed E-state index contributed by atoms with van der Waals surface area (Å²) >= 11 is 0. The van der Waals surface area contributed by atoms with Gasteiger partial charge in [0.05, 0.1) is 17.4 Å². The Morgan fingerprint density at radius 1 is 0.882 bits per heavy atom. The van der Waals surface area contributed by atoms with Gasteiger partial charge in [-0.2, -0.15) is 0 Å². The monoisotopic (exact) mass is 222 g/mol. The van der Waals surface area contributed by atoms with E-state index in [9.17, 15) is 0 Å². The van der Waals surface area contributed by atoms with Gasteiger partial charge in [0.1, 0.15) is 6.34 Å². The second-order valence-electron chi connectivity index (χ2n) is 4.01. The Hall–Kier alpha value is -2.13. The zero-order valence-electron chi connectivity index (χ0n) is 9.25. The fourth-order valence-electron chi connectivity index (χ4n) is 1.95. The third-order valence-electron chi connectivity index (χ3n) is 2.91. The highest BCUT2D eigenvalue weighted by molar-refractivity contribution is 5.82. The molecule has 2 N–H and O–H groups in total. The maximum Gasteiger partial charge on any atom is 0.116 e. The minimum atomic E-state index is -0.114. The summed E-state index contributed by atoms with van der Waals surface area (Å²) in [4.78, 5) is 4.14. The van der Waals surface area contributed by atoms with Crippen molar-refractivity contribution in [1.29, 1.82) is 0 Å². The molecule has 3 heteroatoms. The van der Waals surface area contributed by atoms with Crippen LogP contribution in [0, 0.1) is 0 Å². The molecule has 3 rings (SSSR count). The molecule has 1 unspecified atom stereocenters. The standard InChI is InChI=1S/C14H12N3/c15-14(10-4-2-1-3-5-10)11-6-7-12-13(8-11)17-9-16-12/h1-9,14H,15H2. The van der Waals surface area contributed by atoms with Crippen molar-refractivity contribution in [1.82, 2.24) is 5.32 Å². The zero-order valence-corrected chi connectivity index (χ0v) is 9.25. The molecule has 0 amide bonds. The second kappa shape index (κ2) is 4.03. The number of fused-ring (bicyclic) bond motifs is 1. The smallest absolute Gasteiger partial charge is 0.116 e. The number of rotatable bonds is 2. The first-order valence-corrected chi connectivity index (χ1v) is 5.52. The molecular weight excluding hydrogens is 210 g/mol. The zero-order chi connectivity index (χ0) is 11.7. The Morgan fingerprint density at radius 2 is 1.71 bits per heavy atom. The molecule has 1 aliphatic rings. The van der Waals surface area contributed by atoms with Crippen LogP contribution < -0.4 is 11.1 Å².